The number of fused-ring (bicyclic) bond motifs is 1. The average Bonchev–Trinajstić information content (AvgIpc) is 2.86. The van der Waals surface area contributed by atoms with Crippen LogP contribution in [-0.2, 0) is 23.8 Å². The van der Waals surface area contributed by atoms with Gasteiger partial charge in [-0.1, -0.05) is 18.2 Å². The molecule has 0 aliphatic heterocycles. The van der Waals surface area contributed by atoms with Gasteiger partial charge in [-0.3, -0.25) is 0 Å². The number of hydrogen-bond donors (Lipinski definition) is 0. The normalized spacial score (nSPS) is 10.5. The third-order valence-corrected chi connectivity index (χ3v) is 4.61. The van der Waals surface area contributed by atoms with Crippen molar-refractivity contribution in [3.05, 3.63) is 48.2 Å². The first-order valence-corrected chi connectivity index (χ1v) is 11.1. The molecule has 0 aliphatic rings. The Morgan fingerprint density at radius 2 is 1.40 bits per heavy atom. The summed E-state index contributed by atoms with van der Waals surface area (Å²) in [6, 6.07) is 10.9. The molecule has 10 heteroatoms. The van der Waals surface area contributed by atoms with E-state index in [-0.39, 0.29) is 31.3 Å². The summed E-state index contributed by atoms with van der Waals surface area (Å²) in [7, 11) is 0. The molecule has 184 valence electrons. The number of carbonyl (C=O) groups excluding carboxylic acids is 3. The fraction of sp³-hybridized carbons (Fsp3) is 0.320. The van der Waals surface area contributed by atoms with Crippen LogP contribution in [0.4, 0.5) is 0 Å². The highest BCUT2D eigenvalue weighted by atomic mass is 16.6. The molecule has 3 rings (SSSR count). The SMILES string of the molecule is CCOC(=O)COc1ccc2cc(-c3ncc(C(=O)OCC)c(OCC(=O)OCC)n3)ccc2c1. The Hall–Kier alpha value is -4.21. The third-order valence-electron chi connectivity index (χ3n) is 4.61. The van der Waals surface area contributed by atoms with Gasteiger partial charge < -0.3 is 23.7 Å². The van der Waals surface area contributed by atoms with Crippen molar-refractivity contribution in [3.63, 3.8) is 0 Å². The monoisotopic (exact) mass is 482 g/mol. The van der Waals surface area contributed by atoms with Gasteiger partial charge in [-0.2, -0.15) is 4.98 Å². The molecule has 0 bridgehead atoms. The van der Waals surface area contributed by atoms with Crippen molar-refractivity contribution >= 4 is 28.7 Å². The molecule has 1 heterocycles. The van der Waals surface area contributed by atoms with E-state index in [1.54, 1.807) is 39.0 Å². The van der Waals surface area contributed by atoms with Crippen LogP contribution in [0, 0.1) is 0 Å². The number of aromatic nitrogens is 2. The molecule has 3 aromatic rings. The van der Waals surface area contributed by atoms with E-state index in [0.29, 0.717) is 23.7 Å². The van der Waals surface area contributed by atoms with Crippen LogP contribution in [0.3, 0.4) is 0 Å². The second-order valence-corrected chi connectivity index (χ2v) is 7.04. The van der Waals surface area contributed by atoms with Gasteiger partial charge in [-0.25, -0.2) is 19.4 Å². The number of rotatable bonds is 11. The molecular weight excluding hydrogens is 456 g/mol. The van der Waals surface area contributed by atoms with E-state index >= 15 is 0 Å². The van der Waals surface area contributed by atoms with Gasteiger partial charge in [0.2, 0.25) is 5.88 Å². The molecule has 0 N–H and O–H groups in total. The van der Waals surface area contributed by atoms with Gasteiger partial charge >= 0.3 is 17.9 Å². The second-order valence-electron chi connectivity index (χ2n) is 7.04. The van der Waals surface area contributed by atoms with Crippen LogP contribution in [-0.4, -0.2) is 60.9 Å². The predicted octanol–water partition coefficient (Wildman–Crippen LogP) is 3.36. The molecule has 0 radical (unpaired) electrons. The van der Waals surface area contributed by atoms with E-state index in [4.69, 9.17) is 23.7 Å². The van der Waals surface area contributed by atoms with Crippen molar-refractivity contribution in [3.8, 4) is 23.0 Å². The number of benzene rings is 2. The zero-order valence-electron chi connectivity index (χ0n) is 19.7. The number of esters is 3. The molecule has 0 saturated carbocycles. The van der Waals surface area contributed by atoms with Crippen molar-refractivity contribution in [1.29, 1.82) is 0 Å². The third kappa shape index (κ3) is 6.89. The van der Waals surface area contributed by atoms with Gasteiger partial charge in [0, 0.05) is 11.8 Å². The van der Waals surface area contributed by atoms with Crippen LogP contribution in [0.1, 0.15) is 31.1 Å². The van der Waals surface area contributed by atoms with E-state index in [1.165, 1.54) is 6.20 Å². The number of hydrogen-bond acceptors (Lipinski definition) is 10. The number of nitrogens with zero attached hydrogens (tertiary/aromatic N) is 2. The van der Waals surface area contributed by atoms with Crippen molar-refractivity contribution < 1.29 is 38.1 Å². The molecule has 0 amide bonds. The Balaban J connectivity index is 1.85. The van der Waals surface area contributed by atoms with Crippen LogP contribution in [0.25, 0.3) is 22.2 Å². The lowest BCUT2D eigenvalue weighted by atomic mass is 10.1. The molecule has 1 aromatic heterocycles. The molecule has 0 atom stereocenters. The van der Waals surface area contributed by atoms with Gasteiger partial charge in [0.1, 0.15) is 11.3 Å². The van der Waals surface area contributed by atoms with E-state index < -0.39 is 24.5 Å². The average molecular weight is 482 g/mol. The summed E-state index contributed by atoms with van der Waals surface area (Å²) in [6.45, 7) is 5.16. The minimum absolute atomic E-state index is 0.00378. The van der Waals surface area contributed by atoms with Crippen molar-refractivity contribution in [2.75, 3.05) is 33.0 Å². The van der Waals surface area contributed by atoms with E-state index in [1.807, 2.05) is 18.2 Å². The highest BCUT2D eigenvalue weighted by Crippen LogP contribution is 2.27. The molecule has 0 saturated heterocycles. The van der Waals surface area contributed by atoms with Gasteiger partial charge in [0.15, 0.2) is 19.0 Å². The number of ether oxygens (including phenoxy) is 5. The highest BCUT2D eigenvalue weighted by Gasteiger charge is 2.19. The molecule has 0 aliphatic carbocycles. The van der Waals surface area contributed by atoms with Crippen LogP contribution < -0.4 is 9.47 Å². The van der Waals surface area contributed by atoms with Gasteiger partial charge in [-0.05, 0) is 49.7 Å². The summed E-state index contributed by atoms with van der Waals surface area (Å²) < 4.78 is 25.7. The summed E-state index contributed by atoms with van der Waals surface area (Å²) in [5.41, 5.74) is 0.665. The summed E-state index contributed by atoms with van der Waals surface area (Å²) in [5.74, 6) is -0.943. The van der Waals surface area contributed by atoms with E-state index in [2.05, 4.69) is 9.97 Å². The van der Waals surface area contributed by atoms with Gasteiger partial charge in [0.05, 0.1) is 19.8 Å². The topological polar surface area (TPSA) is 123 Å². The Morgan fingerprint density at radius 1 is 0.771 bits per heavy atom. The first-order chi connectivity index (χ1) is 16.9. The largest absolute Gasteiger partial charge is 0.482 e. The summed E-state index contributed by atoms with van der Waals surface area (Å²) in [6.07, 6.45) is 1.30. The lowest BCUT2D eigenvalue weighted by Crippen LogP contribution is -2.18. The summed E-state index contributed by atoms with van der Waals surface area (Å²) in [4.78, 5) is 44.1. The Kier molecular flexibility index (Phi) is 8.94. The molecule has 35 heavy (non-hydrogen) atoms. The van der Waals surface area contributed by atoms with Crippen LogP contribution in [0.15, 0.2) is 42.6 Å². The minimum Gasteiger partial charge on any atom is -0.482 e. The Bertz CT molecular complexity index is 1210. The molecule has 0 unspecified atom stereocenters. The number of carbonyl (C=O) groups is 3. The van der Waals surface area contributed by atoms with Crippen molar-refractivity contribution in [1.82, 2.24) is 9.97 Å². The smallest absolute Gasteiger partial charge is 0.345 e. The highest BCUT2D eigenvalue weighted by molar-refractivity contribution is 5.92. The van der Waals surface area contributed by atoms with E-state index in [9.17, 15) is 14.4 Å². The molecular formula is C25H26N2O8. The van der Waals surface area contributed by atoms with Crippen molar-refractivity contribution in [2.45, 2.75) is 20.8 Å². The zero-order chi connectivity index (χ0) is 25.2. The van der Waals surface area contributed by atoms with Crippen LogP contribution in [0.5, 0.6) is 11.6 Å². The zero-order valence-corrected chi connectivity index (χ0v) is 19.7. The molecule has 2 aromatic carbocycles. The Morgan fingerprint density at radius 3 is 2.09 bits per heavy atom. The molecule has 10 nitrogen and oxygen atoms in total. The standard InChI is InChI=1S/C25H26N2O8/c1-4-31-21(28)14-34-19-10-9-16-11-18(8-7-17(16)12-19)23-26-13-20(25(30)33-6-3)24(27-23)35-15-22(29)32-5-2/h7-13H,4-6,14-15H2,1-3H3. The van der Waals surface area contributed by atoms with Crippen LogP contribution in [0.2, 0.25) is 0 Å². The fourth-order valence-corrected chi connectivity index (χ4v) is 3.09. The Labute approximate surface area is 202 Å². The fourth-order valence-electron chi connectivity index (χ4n) is 3.09. The summed E-state index contributed by atoms with van der Waals surface area (Å²) in [5, 5.41) is 1.75. The van der Waals surface area contributed by atoms with Gasteiger partial charge in [0.25, 0.3) is 0 Å². The maximum Gasteiger partial charge on any atom is 0.345 e. The predicted molar refractivity (Wildman–Crippen MR) is 125 cm³/mol. The van der Waals surface area contributed by atoms with Crippen LogP contribution >= 0.6 is 0 Å². The lowest BCUT2D eigenvalue weighted by molar-refractivity contribution is -0.146. The lowest BCUT2D eigenvalue weighted by Gasteiger charge is -2.11. The first kappa shape index (κ1) is 25.4. The molecule has 0 fully saturated rings. The second kappa shape index (κ2) is 12.3. The maximum atomic E-state index is 12.3. The summed E-state index contributed by atoms with van der Waals surface area (Å²) >= 11 is 0. The van der Waals surface area contributed by atoms with Crippen molar-refractivity contribution in [2.24, 2.45) is 0 Å². The van der Waals surface area contributed by atoms with Gasteiger partial charge in [-0.15, -0.1) is 0 Å². The first-order valence-electron chi connectivity index (χ1n) is 11.1. The van der Waals surface area contributed by atoms with E-state index in [0.717, 1.165) is 10.8 Å². The minimum atomic E-state index is -0.660. The maximum absolute atomic E-state index is 12.3. The molecule has 0 spiro atoms. The quantitative estimate of drug-likeness (QED) is 0.297.